The Balaban J connectivity index is 1.82. The molecule has 0 fully saturated rings. The van der Waals surface area contributed by atoms with Crippen LogP contribution in [0.15, 0.2) is 36.4 Å². The Hall–Kier alpha value is -3.20. The SMILES string of the molecule is CNC(=O)NC(=O)[C@H](C)OC(=O)c1cc2c(C)nn(-c3ccccc3)c2s1. The monoisotopic (exact) mass is 386 g/mol. The zero-order valence-corrected chi connectivity index (χ0v) is 15.8. The summed E-state index contributed by atoms with van der Waals surface area (Å²) in [5, 5.41) is 9.69. The van der Waals surface area contributed by atoms with Gasteiger partial charge in [0, 0.05) is 12.4 Å². The molecule has 2 N–H and O–H groups in total. The summed E-state index contributed by atoms with van der Waals surface area (Å²) in [6.07, 6.45) is -1.10. The van der Waals surface area contributed by atoms with E-state index in [-0.39, 0.29) is 0 Å². The predicted octanol–water partition coefficient (Wildman–Crippen LogP) is 2.40. The third-order valence-electron chi connectivity index (χ3n) is 3.86. The number of rotatable bonds is 4. The Morgan fingerprint density at radius 2 is 1.93 bits per heavy atom. The number of aryl methyl sites for hydroxylation is 1. The van der Waals surface area contributed by atoms with Gasteiger partial charge in [0.2, 0.25) is 0 Å². The molecule has 0 aliphatic carbocycles. The number of para-hydroxylation sites is 1. The Bertz CT molecular complexity index is 1010. The molecule has 0 saturated heterocycles. The Morgan fingerprint density at radius 1 is 1.22 bits per heavy atom. The molecule has 8 nitrogen and oxygen atoms in total. The highest BCUT2D eigenvalue weighted by atomic mass is 32.1. The smallest absolute Gasteiger partial charge is 0.349 e. The van der Waals surface area contributed by atoms with Crippen molar-refractivity contribution in [2.45, 2.75) is 20.0 Å². The van der Waals surface area contributed by atoms with Crippen LogP contribution in [0.3, 0.4) is 0 Å². The van der Waals surface area contributed by atoms with E-state index in [0.29, 0.717) is 4.88 Å². The van der Waals surface area contributed by atoms with Crippen LogP contribution in [0.5, 0.6) is 0 Å². The van der Waals surface area contributed by atoms with Crippen molar-refractivity contribution in [2.75, 3.05) is 7.05 Å². The van der Waals surface area contributed by atoms with Gasteiger partial charge < -0.3 is 10.1 Å². The first-order chi connectivity index (χ1) is 12.9. The van der Waals surface area contributed by atoms with Crippen molar-refractivity contribution in [3.63, 3.8) is 0 Å². The summed E-state index contributed by atoms with van der Waals surface area (Å²) in [4.78, 5) is 36.6. The van der Waals surface area contributed by atoms with E-state index in [2.05, 4.69) is 15.7 Å². The number of amides is 3. The first-order valence-electron chi connectivity index (χ1n) is 8.19. The van der Waals surface area contributed by atoms with E-state index >= 15 is 0 Å². The first kappa shape index (κ1) is 18.6. The fourth-order valence-corrected chi connectivity index (χ4v) is 3.51. The van der Waals surface area contributed by atoms with E-state index in [0.717, 1.165) is 21.6 Å². The van der Waals surface area contributed by atoms with Gasteiger partial charge in [0.05, 0.1) is 11.4 Å². The molecule has 2 aromatic heterocycles. The second kappa shape index (κ2) is 7.58. The van der Waals surface area contributed by atoms with Crippen molar-refractivity contribution in [1.82, 2.24) is 20.4 Å². The number of nitrogens with one attached hydrogen (secondary N) is 2. The second-order valence-electron chi connectivity index (χ2n) is 5.78. The van der Waals surface area contributed by atoms with Crippen LogP contribution in [-0.2, 0) is 9.53 Å². The lowest BCUT2D eigenvalue weighted by Gasteiger charge is -2.11. The summed E-state index contributed by atoms with van der Waals surface area (Å²) < 4.78 is 6.95. The molecular weight excluding hydrogens is 368 g/mol. The third kappa shape index (κ3) is 3.82. The van der Waals surface area contributed by atoms with E-state index in [9.17, 15) is 14.4 Å². The number of ether oxygens (including phenoxy) is 1. The van der Waals surface area contributed by atoms with E-state index < -0.39 is 24.0 Å². The van der Waals surface area contributed by atoms with Crippen molar-refractivity contribution < 1.29 is 19.1 Å². The predicted molar refractivity (Wildman–Crippen MR) is 101 cm³/mol. The average molecular weight is 386 g/mol. The Morgan fingerprint density at radius 3 is 2.59 bits per heavy atom. The van der Waals surface area contributed by atoms with Crippen LogP contribution in [0, 0.1) is 6.92 Å². The molecule has 0 saturated carbocycles. The second-order valence-corrected chi connectivity index (χ2v) is 6.81. The number of esters is 1. The van der Waals surface area contributed by atoms with Gasteiger partial charge in [-0.3, -0.25) is 10.1 Å². The highest BCUT2D eigenvalue weighted by molar-refractivity contribution is 7.20. The van der Waals surface area contributed by atoms with Crippen molar-refractivity contribution in [3.8, 4) is 5.69 Å². The van der Waals surface area contributed by atoms with Crippen LogP contribution in [0.25, 0.3) is 15.9 Å². The van der Waals surface area contributed by atoms with Crippen LogP contribution >= 0.6 is 11.3 Å². The fourth-order valence-electron chi connectivity index (χ4n) is 2.44. The molecule has 27 heavy (non-hydrogen) atoms. The summed E-state index contributed by atoms with van der Waals surface area (Å²) in [5.74, 6) is -1.33. The van der Waals surface area contributed by atoms with E-state index in [1.165, 1.54) is 25.3 Å². The summed E-state index contributed by atoms with van der Waals surface area (Å²) in [7, 11) is 1.38. The molecule has 3 amide bonds. The number of aromatic nitrogens is 2. The zero-order valence-electron chi connectivity index (χ0n) is 15.0. The third-order valence-corrected chi connectivity index (χ3v) is 4.95. The van der Waals surface area contributed by atoms with E-state index in [4.69, 9.17) is 4.74 Å². The van der Waals surface area contributed by atoms with Gasteiger partial charge in [-0.15, -0.1) is 11.3 Å². The number of nitrogens with zero attached hydrogens (tertiary/aromatic N) is 2. The maximum absolute atomic E-state index is 12.4. The summed E-state index contributed by atoms with van der Waals surface area (Å²) in [5.41, 5.74) is 1.67. The molecule has 0 unspecified atom stereocenters. The maximum Gasteiger partial charge on any atom is 0.349 e. The number of carbonyl (C=O) groups excluding carboxylic acids is 3. The zero-order chi connectivity index (χ0) is 19.6. The maximum atomic E-state index is 12.4. The minimum atomic E-state index is -1.10. The quantitative estimate of drug-likeness (QED) is 0.671. The topological polar surface area (TPSA) is 102 Å². The molecule has 2 heterocycles. The van der Waals surface area contributed by atoms with E-state index in [1.54, 1.807) is 10.7 Å². The highest BCUT2D eigenvalue weighted by Crippen LogP contribution is 2.30. The molecule has 0 spiro atoms. The molecule has 3 aromatic rings. The van der Waals surface area contributed by atoms with Gasteiger partial charge in [-0.2, -0.15) is 5.10 Å². The number of hydrogen-bond acceptors (Lipinski definition) is 6. The van der Waals surface area contributed by atoms with Crippen molar-refractivity contribution in [2.24, 2.45) is 0 Å². The van der Waals surface area contributed by atoms with Gasteiger partial charge in [0.1, 0.15) is 9.71 Å². The number of thiophene rings is 1. The van der Waals surface area contributed by atoms with Crippen LogP contribution < -0.4 is 10.6 Å². The lowest BCUT2D eigenvalue weighted by atomic mass is 10.3. The number of fused-ring (bicyclic) bond motifs is 1. The molecule has 0 aliphatic heterocycles. The Labute approximate surface area is 159 Å². The molecule has 9 heteroatoms. The van der Waals surface area contributed by atoms with Gasteiger partial charge in [0.15, 0.2) is 6.10 Å². The number of urea groups is 1. The van der Waals surface area contributed by atoms with Gasteiger partial charge in [-0.05, 0) is 32.0 Å². The largest absolute Gasteiger partial charge is 0.448 e. The standard InChI is InChI=1S/C18H18N4O4S/c1-10-13-9-14(17(24)26-11(2)15(23)20-18(25)19-3)27-16(13)22(21-10)12-7-5-4-6-8-12/h4-9,11H,1-3H3,(H2,19,20,23,25)/t11-/m0/s1. The highest BCUT2D eigenvalue weighted by Gasteiger charge is 2.23. The minimum Gasteiger partial charge on any atom is -0.448 e. The van der Waals surface area contributed by atoms with Gasteiger partial charge in [-0.1, -0.05) is 18.2 Å². The molecule has 0 radical (unpaired) electrons. The average Bonchev–Trinajstić information content (AvgIpc) is 3.23. The lowest BCUT2D eigenvalue weighted by Crippen LogP contribution is -2.43. The number of hydrogen-bond donors (Lipinski definition) is 2. The van der Waals surface area contributed by atoms with Gasteiger partial charge >= 0.3 is 12.0 Å². The molecule has 3 rings (SSSR count). The fraction of sp³-hybridized carbons (Fsp3) is 0.222. The van der Waals surface area contributed by atoms with Crippen molar-refractivity contribution >= 4 is 39.5 Å². The number of carbonyl (C=O) groups is 3. The molecular formula is C18H18N4O4S. The van der Waals surface area contributed by atoms with Crippen LogP contribution in [0.1, 0.15) is 22.3 Å². The van der Waals surface area contributed by atoms with Crippen molar-refractivity contribution in [3.05, 3.63) is 47.0 Å². The van der Waals surface area contributed by atoms with Crippen molar-refractivity contribution in [1.29, 1.82) is 0 Å². The van der Waals surface area contributed by atoms with Crippen LogP contribution in [0.4, 0.5) is 4.79 Å². The Kier molecular flexibility index (Phi) is 5.22. The number of benzene rings is 1. The normalized spacial score (nSPS) is 11.8. The summed E-state index contributed by atoms with van der Waals surface area (Å²) in [6.45, 7) is 3.27. The van der Waals surface area contributed by atoms with Crippen LogP contribution in [-0.4, -0.2) is 40.8 Å². The van der Waals surface area contributed by atoms with E-state index in [1.807, 2.05) is 37.3 Å². The molecule has 1 aromatic carbocycles. The first-order valence-corrected chi connectivity index (χ1v) is 9.00. The molecule has 0 bridgehead atoms. The molecule has 1 atom stereocenters. The minimum absolute atomic E-state index is 0.356. The summed E-state index contributed by atoms with van der Waals surface area (Å²) in [6, 6.07) is 10.6. The molecule has 0 aliphatic rings. The summed E-state index contributed by atoms with van der Waals surface area (Å²) >= 11 is 1.23. The van der Waals surface area contributed by atoms with Gasteiger partial charge in [0.25, 0.3) is 5.91 Å². The number of imide groups is 1. The van der Waals surface area contributed by atoms with Gasteiger partial charge in [-0.25, -0.2) is 14.3 Å². The molecule has 140 valence electrons. The lowest BCUT2D eigenvalue weighted by molar-refractivity contribution is -0.127. The van der Waals surface area contributed by atoms with Crippen LogP contribution in [0.2, 0.25) is 0 Å².